The summed E-state index contributed by atoms with van der Waals surface area (Å²) in [5.41, 5.74) is -0.369. The normalized spacial score (nSPS) is 57.0. The second-order valence-corrected chi connectivity index (χ2v) is 17.2. The Bertz CT molecular complexity index is 1180. The van der Waals surface area contributed by atoms with Gasteiger partial charge >= 0.3 is 5.97 Å². The Hall–Kier alpha value is -0.880. The average molecular weight is 639 g/mol. The Morgan fingerprint density at radius 2 is 1.67 bits per heavy atom. The molecule has 2 saturated heterocycles. The van der Waals surface area contributed by atoms with Gasteiger partial charge < -0.3 is 39.4 Å². The minimum Gasteiger partial charge on any atom is -0.457 e. The fourth-order valence-electron chi connectivity index (χ4n) is 13.3. The molecule has 7 aliphatic rings. The van der Waals surface area contributed by atoms with Crippen LogP contribution in [0.1, 0.15) is 92.9 Å². The molecule has 5 saturated carbocycles. The van der Waals surface area contributed by atoms with Crippen LogP contribution in [0.3, 0.4) is 0 Å². The molecular weight excluding hydrogens is 583 g/mol. The molecular formula is C35H55FO9. The van der Waals surface area contributed by atoms with E-state index >= 15 is 0 Å². The van der Waals surface area contributed by atoms with E-state index < -0.39 is 61.7 Å². The van der Waals surface area contributed by atoms with Crippen molar-refractivity contribution in [2.24, 2.45) is 50.7 Å². The zero-order valence-corrected chi connectivity index (χ0v) is 27.8. The largest absolute Gasteiger partial charge is 0.457 e. The number of hydrogen-bond acceptors (Lipinski definition) is 9. The van der Waals surface area contributed by atoms with Crippen molar-refractivity contribution < 1.29 is 48.6 Å². The van der Waals surface area contributed by atoms with Crippen LogP contribution in [-0.4, -0.2) is 94.8 Å². The fourth-order valence-corrected chi connectivity index (χ4v) is 13.3. The van der Waals surface area contributed by atoms with E-state index in [1.54, 1.807) is 0 Å². The van der Waals surface area contributed by atoms with E-state index in [4.69, 9.17) is 18.9 Å². The van der Waals surface area contributed by atoms with E-state index in [1.165, 1.54) is 6.92 Å². The highest BCUT2D eigenvalue weighted by atomic mass is 19.1. The molecule has 5 aliphatic carbocycles. The van der Waals surface area contributed by atoms with Crippen LogP contribution in [0.5, 0.6) is 0 Å². The van der Waals surface area contributed by atoms with Gasteiger partial charge in [-0.25, -0.2) is 4.39 Å². The Labute approximate surface area is 266 Å². The minimum absolute atomic E-state index is 0.0723. The number of aliphatic hydroxyl groups is 4. The minimum atomic E-state index is -1.30. The van der Waals surface area contributed by atoms with E-state index in [1.807, 2.05) is 0 Å². The molecule has 2 heterocycles. The summed E-state index contributed by atoms with van der Waals surface area (Å²) < 4.78 is 38.0. The summed E-state index contributed by atoms with van der Waals surface area (Å²) in [6.07, 6.45) is 0.303. The van der Waals surface area contributed by atoms with E-state index in [9.17, 15) is 29.6 Å². The molecule has 0 aromatic carbocycles. The average Bonchev–Trinajstić information content (AvgIpc) is 3.61. The Morgan fingerprint density at radius 1 is 0.978 bits per heavy atom. The molecule has 9 nitrogen and oxygen atoms in total. The molecule has 256 valence electrons. The van der Waals surface area contributed by atoms with Crippen molar-refractivity contribution in [3.63, 3.8) is 0 Å². The molecule has 7 rings (SSSR count). The van der Waals surface area contributed by atoms with Crippen molar-refractivity contribution in [3.8, 4) is 0 Å². The topological polar surface area (TPSA) is 135 Å². The molecule has 10 heteroatoms. The lowest BCUT2D eigenvalue weighted by atomic mass is 9.41. The predicted octanol–water partition coefficient (Wildman–Crippen LogP) is 3.53. The van der Waals surface area contributed by atoms with Crippen molar-refractivity contribution in [2.75, 3.05) is 13.3 Å². The lowest BCUT2D eigenvalue weighted by Crippen LogP contribution is -2.61. The van der Waals surface area contributed by atoms with Gasteiger partial charge in [0.05, 0.1) is 31.0 Å². The number of aliphatic hydroxyl groups excluding tert-OH is 4. The van der Waals surface area contributed by atoms with Crippen molar-refractivity contribution >= 4 is 5.97 Å². The number of ether oxygens (including phenoxy) is 4. The molecule has 0 bridgehead atoms. The third-order valence-electron chi connectivity index (χ3n) is 15.4. The van der Waals surface area contributed by atoms with Crippen LogP contribution >= 0.6 is 0 Å². The summed E-state index contributed by atoms with van der Waals surface area (Å²) in [4.78, 5) is 11.7. The summed E-state index contributed by atoms with van der Waals surface area (Å²) in [6, 6.07) is 0. The smallest absolute Gasteiger partial charge is 0.303 e. The van der Waals surface area contributed by atoms with Gasteiger partial charge in [0.25, 0.3) is 0 Å². The number of halogens is 1. The first kappa shape index (κ1) is 32.7. The Kier molecular flexibility index (Phi) is 7.66. The maximum Gasteiger partial charge on any atom is 0.303 e. The molecule has 2 aliphatic heterocycles. The van der Waals surface area contributed by atoms with Crippen LogP contribution in [-0.2, 0) is 23.7 Å². The number of rotatable bonds is 5. The monoisotopic (exact) mass is 638 g/mol. The van der Waals surface area contributed by atoms with Gasteiger partial charge in [0.1, 0.15) is 25.0 Å². The number of alkyl halides is 1. The van der Waals surface area contributed by atoms with Gasteiger partial charge in [-0.15, -0.1) is 0 Å². The van der Waals surface area contributed by atoms with Crippen LogP contribution in [0, 0.1) is 50.7 Å². The lowest BCUT2D eigenvalue weighted by molar-refractivity contribution is -0.303. The fraction of sp³-hybridized carbons (Fsp3) is 0.971. The molecule has 4 N–H and O–H groups in total. The third kappa shape index (κ3) is 4.18. The van der Waals surface area contributed by atoms with Crippen LogP contribution in [0.2, 0.25) is 0 Å². The van der Waals surface area contributed by atoms with Gasteiger partial charge in [0, 0.05) is 12.3 Å². The van der Waals surface area contributed by atoms with Crippen molar-refractivity contribution in [1.82, 2.24) is 0 Å². The first-order chi connectivity index (χ1) is 21.1. The number of hydrogen-bond donors (Lipinski definition) is 4. The third-order valence-corrected chi connectivity index (χ3v) is 15.4. The zero-order chi connectivity index (χ0) is 32.5. The molecule has 0 aromatic heterocycles. The van der Waals surface area contributed by atoms with E-state index in [-0.39, 0.29) is 51.6 Å². The van der Waals surface area contributed by atoms with Gasteiger partial charge in [-0.1, -0.05) is 34.6 Å². The highest BCUT2D eigenvalue weighted by molar-refractivity contribution is 5.66. The van der Waals surface area contributed by atoms with Crippen molar-refractivity contribution in [2.45, 2.75) is 148 Å². The molecule has 2 spiro atoms. The van der Waals surface area contributed by atoms with Crippen LogP contribution in [0.4, 0.5) is 4.39 Å². The molecule has 7 fully saturated rings. The van der Waals surface area contributed by atoms with Crippen molar-refractivity contribution in [3.05, 3.63) is 0 Å². The molecule has 3 unspecified atom stereocenters. The SMILES string of the molecule is CC(=O)O[C@H](CF)[C@H]1C[C@@H](C)C2C(O1)[C@H](O)[C@@]1(C)[C@@H]3CC[C@H]4C(C)(C)[C@@H](OC5OC[C@@H](O)[C@H](O)[C@H]5O)CC[C@@]45C[C@@]35CC[C@]21C. The standard InChI is InChI=1S/C35H55FO9/c1-17-13-20(21(14-36)43-18(2)37)44-28-25(17)32(5)11-12-35-16-34(35)10-9-24(45-30-27(40)26(39)19(38)15-42-30)31(3,4)22(34)7-8-23(35)33(32,6)29(28)41/h17,19-30,38-41H,7-16H2,1-6H3/t17-,19-,20-,21-,22+,23+,24+,25?,26+,27-,28?,29+,30?,32-,33-,34-,35+/m1/s1. The Morgan fingerprint density at radius 3 is 2.36 bits per heavy atom. The second kappa shape index (κ2) is 10.6. The summed E-state index contributed by atoms with van der Waals surface area (Å²) >= 11 is 0. The number of carbonyl (C=O) groups excluding carboxylic acids is 1. The van der Waals surface area contributed by atoms with Crippen LogP contribution < -0.4 is 0 Å². The second-order valence-electron chi connectivity index (χ2n) is 17.2. The molecule has 45 heavy (non-hydrogen) atoms. The summed E-state index contributed by atoms with van der Waals surface area (Å²) in [5.74, 6) is 0.580. The van der Waals surface area contributed by atoms with Crippen molar-refractivity contribution in [1.29, 1.82) is 0 Å². The van der Waals surface area contributed by atoms with Gasteiger partial charge in [-0.2, -0.15) is 0 Å². The van der Waals surface area contributed by atoms with Gasteiger partial charge in [-0.05, 0) is 96.7 Å². The maximum absolute atomic E-state index is 14.1. The number of esters is 1. The van der Waals surface area contributed by atoms with E-state index in [2.05, 4.69) is 34.6 Å². The summed E-state index contributed by atoms with van der Waals surface area (Å²) in [5, 5.41) is 43.1. The van der Waals surface area contributed by atoms with Crippen LogP contribution in [0.25, 0.3) is 0 Å². The first-order valence-electron chi connectivity index (χ1n) is 17.5. The quantitative estimate of drug-likeness (QED) is 0.264. The highest BCUT2D eigenvalue weighted by Gasteiger charge is 2.84. The van der Waals surface area contributed by atoms with Gasteiger partial charge in [0.2, 0.25) is 0 Å². The number of carbonyl (C=O) groups is 1. The maximum atomic E-state index is 14.1. The van der Waals surface area contributed by atoms with Crippen LogP contribution in [0.15, 0.2) is 0 Å². The molecule has 0 amide bonds. The van der Waals surface area contributed by atoms with Gasteiger partial charge in [0.15, 0.2) is 12.4 Å². The first-order valence-corrected chi connectivity index (χ1v) is 17.5. The molecule has 0 aromatic rings. The number of fused-ring (bicyclic) bond motifs is 4. The zero-order valence-electron chi connectivity index (χ0n) is 27.8. The molecule has 0 radical (unpaired) electrons. The van der Waals surface area contributed by atoms with E-state index in [0.717, 1.165) is 44.9 Å². The molecule has 17 atom stereocenters. The predicted molar refractivity (Wildman–Crippen MR) is 160 cm³/mol. The summed E-state index contributed by atoms with van der Waals surface area (Å²) in [6.45, 7) is 11.9. The Balaban J connectivity index is 1.14. The lowest BCUT2D eigenvalue weighted by Gasteiger charge is -2.64. The van der Waals surface area contributed by atoms with Gasteiger partial charge in [-0.3, -0.25) is 4.79 Å². The van der Waals surface area contributed by atoms with E-state index in [0.29, 0.717) is 18.3 Å². The summed E-state index contributed by atoms with van der Waals surface area (Å²) in [7, 11) is 0. The highest BCUT2D eigenvalue weighted by Crippen LogP contribution is 2.89.